The fraction of sp³-hybridized carbons (Fsp3) is 0.143. The number of aromatic nitrogens is 4. The highest BCUT2D eigenvalue weighted by Crippen LogP contribution is 2.38. The molecule has 10 rings (SSSR count). The Bertz CT molecular complexity index is 3670. The molecule has 7 aromatic carbocycles. The van der Waals surface area contributed by atoms with E-state index in [4.69, 9.17) is 23.4 Å². The summed E-state index contributed by atoms with van der Waals surface area (Å²) in [5, 5.41) is 2.13. The monoisotopic (exact) mass is 802 g/mol. The summed E-state index contributed by atoms with van der Waals surface area (Å²) in [7, 11) is 0. The number of nitrogens with zero attached hydrogens (tertiary/aromatic N) is 4. The lowest BCUT2D eigenvalue weighted by atomic mass is 9.88. The van der Waals surface area contributed by atoms with E-state index in [1.54, 1.807) is 22.8 Å². The van der Waals surface area contributed by atoms with Gasteiger partial charge in [0.2, 0.25) is 0 Å². The van der Waals surface area contributed by atoms with Gasteiger partial charge in [-0.05, 0) is 100 Å². The van der Waals surface area contributed by atoms with Gasteiger partial charge in [-0.15, -0.1) is 0 Å². The van der Waals surface area contributed by atoms with Crippen LogP contribution in [-0.4, -0.2) is 14.1 Å². The summed E-state index contributed by atoms with van der Waals surface area (Å²) < 4.78 is 100.0. The zero-order chi connectivity index (χ0) is 50.4. The number of benzene rings is 7. The average molecular weight is 803 g/mol. The van der Waals surface area contributed by atoms with Gasteiger partial charge in [-0.2, -0.15) is 0 Å². The van der Waals surface area contributed by atoms with Crippen molar-refractivity contribution < 1.29 is 23.0 Å². The minimum absolute atomic E-state index is 0.0894. The molecule has 298 valence electrons. The van der Waals surface area contributed by atoms with Gasteiger partial charge in [-0.25, -0.2) is 4.98 Å². The van der Waals surface area contributed by atoms with Crippen LogP contribution in [0.25, 0.3) is 72.3 Å². The molecule has 0 saturated carbocycles. The summed E-state index contributed by atoms with van der Waals surface area (Å²) in [4.78, 5) is 4.84. The second-order valence-corrected chi connectivity index (χ2v) is 16.7. The van der Waals surface area contributed by atoms with Gasteiger partial charge < -0.3 is 4.74 Å². The SMILES string of the molecule is [2H]c1c([2H])c([2H])c(-c2cccc(-c3c([2H])c([2H])c([2H])c([2H])c3[2H])c2-[n+]2[c-]n(-c3cccc(Oc4ccc5c6ccccc6n(-c6cc(C(C)(C)C)ccn6)c5c4)c3)c3cc(CC(C)C)ccc32)c([2H])c1[2H]. The second-order valence-electron chi connectivity index (χ2n) is 16.7. The number of fused-ring (bicyclic) bond motifs is 4. The van der Waals surface area contributed by atoms with Crippen LogP contribution in [0.4, 0.5) is 0 Å². The maximum Gasteiger partial charge on any atom is 0.269 e. The zero-order valence-corrected chi connectivity index (χ0v) is 34.5. The molecule has 3 heterocycles. The number of para-hydroxylation sites is 2. The van der Waals surface area contributed by atoms with Crippen molar-refractivity contribution in [3.05, 3.63) is 199 Å². The van der Waals surface area contributed by atoms with Crippen molar-refractivity contribution in [2.45, 2.75) is 46.5 Å². The van der Waals surface area contributed by atoms with Crippen molar-refractivity contribution in [2.75, 3.05) is 0 Å². The first-order chi connectivity index (χ1) is 33.8. The average Bonchev–Trinajstić information content (AvgIpc) is 3.89. The second kappa shape index (κ2) is 15.4. The Balaban J connectivity index is 1.18. The summed E-state index contributed by atoms with van der Waals surface area (Å²) >= 11 is 0. The van der Waals surface area contributed by atoms with Gasteiger partial charge in [-0.1, -0.05) is 155 Å². The number of ether oxygens (including phenoxy) is 1. The van der Waals surface area contributed by atoms with Gasteiger partial charge in [0, 0.05) is 23.0 Å². The number of rotatable bonds is 9. The summed E-state index contributed by atoms with van der Waals surface area (Å²) in [6, 6.07) is 31.7. The molecule has 0 spiro atoms. The van der Waals surface area contributed by atoms with Gasteiger partial charge in [0.25, 0.3) is 6.33 Å². The third-order valence-electron chi connectivity index (χ3n) is 11.0. The van der Waals surface area contributed by atoms with Crippen molar-refractivity contribution in [1.29, 1.82) is 0 Å². The molecule has 0 atom stereocenters. The minimum Gasteiger partial charge on any atom is -0.458 e. The lowest BCUT2D eigenvalue weighted by Gasteiger charge is -2.20. The molecule has 5 nitrogen and oxygen atoms in total. The first kappa shape index (κ1) is 28.3. The number of pyridine rings is 1. The van der Waals surface area contributed by atoms with E-state index >= 15 is 0 Å². The Morgan fingerprint density at radius 2 is 1.36 bits per heavy atom. The Kier molecular flexibility index (Phi) is 7.14. The molecule has 0 saturated heterocycles. The zero-order valence-electron chi connectivity index (χ0n) is 44.5. The van der Waals surface area contributed by atoms with Gasteiger partial charge >= 0.3 is 0 Å². The molecular weight excluding hydrogens is 745 g/mol. The van der Waals surface area contributed by atoms with E-state index < -0.39 is 60.4 Å². The molecule has 3 aromatic heterocycles. The number of hydrogen-bond donors (Lipinski definition) is 0. The fourth-order valence-electron chi connectivity index (χ4n) is 8.16. The Morgan fingerprint density at radius 1 is 0.672 bits per heavy atom. The first-order valence-corrected chi connectivity index (χ1v) is 20.4. The maximum absolute atomic E-state index is 9.08. The topological polar surface area (TPSA) is 35.9 Å². The van der Waals surface area contributed by atoms with Crippen LogP contribution < -0.4 is 9.30 Å². The van der Waals surface area contributed by atoms with Crippen LogP contribution in [-0.2, 0) is 11.8 Å². The smallest absolute Gasteiger partial charge is 0.269 e. The van der Waals surface area contributed by atoms with Crippen LogP contribution in [0.1, 0.15) is 59.5 Å². The molecule has 0 aliphatic heterocycles. The van der Waals surface area contributed by atoms with Crippen molar-refractivity contribution in [1.82, 2.24) is 14.1 Å². The van der Waals surface area contributed by atoms with Crippen molar-refractivity contribution in [3.63, 3.8) is 0 Å². The Labute approximate surface area is 371 Å². The van der Waals surface area contributed by atoms with Crippen LogP contribution >= 0.6 is 0 Å². The lowest BCUT2D eigenvalue weighted by molar-refractivity contribution is -0.571. The maximum atomic E-state index is 9.08. The molecule has 5 heteroatoms. The largest absolute Gasteiger partial charge is 0.458 e. The third kappa shape index (κ3) is 7.16. The van der Waals surface area contributed by atoms with E-state index in [9.17, 15) is 0 Å². The molecule has 0 unspecified atom stereocenters. The van der Waals surface area contributed by atoms with Crippen LogP contribution in [0.2, 0.25) is 0 Å². The van der Waals surface area contributed by atoms with Crippen molar-refractivity contribution in [2.24, 2.45) is 5.92 Å². The predicted octanol–water partition coefficient (Wildman–Crippen LogP) is 13.8. The van der Waals surface area contributed by atoms with Crippen LogP contribution in [0.15, 0.2) is 182 Å². The van der Waals surface area contributed by atoms with Gasteiger partial charge in [0.15, 0.2) is 0 Å². The molecule has 10 aromatic rings. The van der Waals surface area contributed by atoms with Crippen molar-refractivity contribution in [3.8, 4) is 50.9 Å². The van der Waals surface area contributed by atoms with Crippen LogP contribution in [0.3, 0.4) is 0 Å². The first-order valence-electron chi connectivity index (χ1n) is 25.4. The van der Waals surface area contributed by atoms with E-state index in [1.165, 1.54) is 0 Å². The van der Waals surface area contributed by atoms with Crippen LogP contribution in [0.5, 0.6) is 11.5 Å². The van der Waals surface area contributed by atoms with Gasteiger partial charge in [0.05, 0.1) is 47.1 Å². The summed E-state index contributed by atoms with van der Waals surface area (Å²) in [5.74, 6) is 2.23. The Hall–Kier alpha value is -7.24. The summed E-state index contributed by atoms with van der Waals surface area (Å²) in [6.07, 6.45) is 6.12. The summed E-state index contributed by atoms with van der Waals surface area (Å²) in [6.45, 7) is 10.8. The highest BCUT2D eigenvalue weighted by molar-refractivity contribution is 6.09. The lowest BCUT2D eigenvalue weighted by Crippen LogP contribution is -2.31. The fourth-order valence-corrected chi connectivity index (χ4v) is 8.16. The molecule has 0 aliphatic carbocycles. The van der Waals surface area contributed by atoms with E-state index in [0.29, 0.717) is 34.1 Å². The number of imidazole rings is 1. The highest BCUT2D eigenvalue weighted by atomic mass is 16.5. The predicted molar refractivity (Wildman–Crippen MR) is 250 cm³/mol. The molecule has 0 fully saturated rings. The highest BCUT2D eigenvalue weighted by Gasteiger charge is 2.22. The molecular formula is C56H48N4O. The quantitative estimate of drug-likeness (QED) is 0.108. The Morgan fingerprint density at radius 3 is 2.08 bits per heavy atom. The third-order valence-corrected chi connectivity index (χ3v) is 11.0. The van der Waals surface area contributed by atoms with E-state index in [2.05, 4.69) is 81.9 Å². The van der Waals surface area contributed by atoms with Crippen molar-refractivity contribution >= 4 is 32.8 Å². The molecule has 0 bridgehead atoms. The number of hydrogen-bond acceptors (Lipinski definition) is 2. The van der Waals surface area contributed by atoms with Crippen LogP contribution in [0, 0.1) is 12.2 Å². The van der Waals surface area contributed by atoms with Gasteiger partial charge in [-0.3, -0.25) is 13.7 Å². The molecule has 0 N–H and O–H groups in total. The van der Waals surface area contributed by atoms with E-state index in [0.717, 1.165) is 45.2 Å². The van der Waals surface area contributed by atoms with E-state index in [1.807, 2.05) is 71.4 Å². The summed E-state index contributed by atoms with van der Waals surface area (Å²) in [5.41, 5.74) is 6.27. The standard InChI is InChI=1S/C56H48N4O/c1-38(2)32-39-26-29-51-53(33-39)58(37-59(51)55-46(40-16-8-6-9-17-40)23-15-24-47(55)41-18-10-7-11-19-41)43-20-14-21-44(35-43)61-45-27-28-49-48-22-12-13-25-50(48)60(52(49)36-45)54-34-42(30-31-57-54)56(3,4)5/h6-31,33-36,38H,32H2,1-5H3/i6D,7D,8D,9D,10D,11D,16D,17D,18D,19D. The minimum atomic E-state index is -0.562. The normalized spacial score (nSPS) is 14.2. The van der Waals surface area contributed by atoms with Gasteiger partial charge in [0.1, 0.15) is 17.3 Å². The molecule has 0 radical (unpaired) electrons. The molecule has 0 aliphatic rings. The van der Waals surface area contributed by atoms with E-state index in [-0.39, 0.29) is 33.4 Å². The molecule has 0 amide bonds. The molecule has 61 heavy (non-hydrogen) atoms.